The largest absolute Gasteiger partial charge is 0.496 e. The summed E-state index contributed by atoms with van der Waals surface area (Å²) >= 11 is 0. The van der Waals surface area contributed by atoms with Gasteiger partial charge >= 0.3 is 5.97 Å². The Morgan fingerprint density at radius 3 is 2.58 bits per heavy atom. The minimum atomic E-state index is -1.09. The van der Waals surface area contributed by atoms with Gasteiger partial charge in [-0.05, 0) is 26.0 Å². The molecule has 2 N–H and O–H groups in total. The smallest absolute Gasteiger partial charge is 0.325 e. The van der Waals surface area contributed by atoms with E-state index in [0.29, 0.717) is 11.5 Å². The van der Waals surface area contributed by atoms with E-state index in [1.54, 1.807) is 25.3 Å². The highest BCUT2D eigenvalue weighted by molar-refractivity contribution is 5.84. The normalized spacial score (nSPS) is 11.5. The summed E-state index contributed by atoms with van der Waals surface area (Å²) < 4.78 is 10.5. The van der Waals surface area contributed by atoms with Gasteiger partial charge in [-0.1, -0.05) is 6.07 Å². The zero-order chi connectivity index (χ0) is 14.4. The third-order valence-corrected chi connectivity index (χ3v) is 2.56. The summed E-state index contributed by atoms with van der Waals surface area (Å²) in [4.78, 5) is 22.0. The summed E-state index contributed by atoms with van der Waals surface area (Å²) in [6.45, 7) is 2.95. The SMILES string of the molecule is COc1cccc(OCC(=O)N[C@@H](C)C(=O)O)c1C. The molecule has 0 aliphatic carbocycles. The van der Waals surface area contributed by atoms with Crippen molar-refractivity contribution in [3.63, 3.8) is 0 Å². The molecule has 1 aromatic rings. The van der Waals surface area contributed by atoms with Gasteiger partial charge in [0.05, 0.1) is 7.11 Å². The first kappa shape index (κ1) is 14.8. The van der Waals surface area contributed by atoms with Crippen LogP contribution in [0.4, 0.5) is 0 Å². The Labute approximate surface area is 111 Å². The third kappa shape index (κ3) is 4.17. The Bertz CT molecular complexity index is 472. The van der Waals surface area contributed by atoms with E-state index in [0.717, 1.165) is 5.56 Å². The number of benzene rings is 1. The fourth-order valence-electron chi connectivity index (χ4n) is 1.46. The molecule has 0 heterocycles. The van der Waals surface area contributed by atoms with Crippen LogP contribution < -0.4 is 14.8 Å². The van der Waals surface area contributed by atoms with E-state index in [1.165, 1.54) is 6.92 Å². The van der Waals surface area contributed by atoms with Crippen LogP contribution in [0.2, 0.25) is 0 Å². The van der Waals surface area contributed by atoms with Gasteiger partial charge in [0, 0.05) is 5.56 Å². The molecule has 0 aliphatic heterocycles. The summed E-state index contributed by atoms with van der Waals surface area (Å²) in [5.41, 5.74) is 0.782. The Morgan fingerprint density at radius 1 is 1.37 bits per heavy atom. The van der Waals surface area contributed by atoms with Crippen molar-refractivity contribution in [2.45, 2.75) is 19.9 Å². The van der Waals surface area contributed by atoms with Gasteiger partial charge in [-0.15, -0.1) is 0 Å². The van der Waals surface area contributed by atoms with E-state index in [-0.39, 0.29) is 6.61 Å². The summed E-state index contributed by atoms with van der Waals surface area (Å²) in [6, 6.07) is 4.31. The van der Waals surface area contributed by atoms with Crippen molar-refractivity contribution in [3.05, 3.63) is 23.8 Å². The van der Waals surface area contributed by atoms with Crippen LogP contribution >= 0.6 is 0 Å². The number of carbonyl (C=O) groups is 2. The van der Waals surface area contributed by atoms with Crippen LogP contribution in [0.1, 0.15) is 12.5 Å². The number of ether oxygens (including phenoxy) is 2. The maximum Gasteiger partial charge on any atom is 0.325 e. The van der Waals surface area contributed by atoms with Crippen molar-refractivity contribution in [3.8, 4) is 11.5 Å². The van der Waals surface area contributed by atoms with Gasteiger partial charge in [-0.2, -0.15) is 0 Å². The van der Waals surface area contributed by atoms with Crippen molar-refractivity contribution in [1.29, 1.82) is 0 Å². The predicted molar refractivity (Wildman–Crippen MR) is 68.5 cm³/mol. The van der Waals surface area contributed by atoms with Crippen molar-refractivity contribution in [1.82, 2.24) is 5.32 Å². The standard InChI is InChI=1S/C13H17NO5/c1-8-10(18-3)5-4-6-11(8)19-7-12(15)14-9(2)13(16)17/h4-6,9H,7H2,1-3H3,(H,14,15)(H,16,17)/t9-/m0/s1. The molecule has 1 rings (SSSR count). The first-order chi connectivity index (χ1) is 8.95. The molecule has 6 heteroatoms. The van der Waals surface area contributed by atoms with Crippen molar-refractivity contribution in [2.75, 3.05) is 13.7 Å². The van der Waals surface area contributed by atoms with Crippen LogP contribution in [0, 0.1) is 6.92 Å². The zero-order valence-electron chi connectivity index (χ0n) is 11.1. The molecule has 0 bridgehead atoms. The monoisotopic (exact) mass is 267 g/mol. The quantitative estimate of drug-likeness (QED) is 0.802. The average molecular weight is 267 g/mol. The maximum atomic E-state index is 11.5. The number of methoxy groups -OCH3 is 1. The predicted octanol–water partition coefficient (Wildman–Crippen LogP) is 0.972. The Hall–Kier alpha value is -2.24. The molecule has 19 heavy (non-hydrogen) atoms. The zero-order valence-corrected chi connectivity index (χ0v) is 11.1. The van der Waals surface area contributed by atoms with Crippen molar-refractivity contribution >= 4 is 11.9 Å². The fourth-order valence-corrected chi connectivity index (χ4v) is 1.46. The summed E-state index contributed by atoms with van der Waals surface area (Å²) in [6.07, 6.45) is 0. The van der Waals surface area contributed by atoms with Crippen molar-refractivity contribution < 1.29 is 24.2 Å². The number of rotatable bonds is 6. The lowest BCUT2D eigenvalue weighted by Gasteiger charge is -2.13. The number of amides is 1. The second kappa shape index (κ2) is 6.63. The van der Waals surface area contributed by atoms with Gasteiger partial charge in [0.1, 0.15) is 17.5 Å². The van der Waals surface area contributed by atoms with Crippen LogP contribution in [-0.2, 0) is 9.59 Å². The number of aliphatic carboxylic acids is 1. The molecule has 0 saturated carbocycles. The number of nitrogens with one attached hydrogen (secondary N) is 1. The molecular formula is C13H17NO5. The first-order valence-electron chi connectivity index (χ1n) is 5.74. The van der Waals surface area contributed by atoms with E-state index in [9.17, 15) is 9.59 Å². The second-order valence-electron chi connectivity index (χ2n) is 4.00. The molecule has 1 aromatic carbocycles. The molecule has 0 fully saturated rings. The molecule has 0 unspecified atom stereocenters. The third-order valence-electron chi connectivity index (χ3n) is 2.56. The van der Waals surface area contributed by atoms with Crippen LogP contribution in [0.5, 0.6) is 11.5 Å². The van der Waals surface area contributed by atoms with E-state index in [1.807, 2.05) is 6.92 Å². The number of carbonyl (C=O) groups excluding carboxylic acids is 1. The Kier molecular flexibility index (Phi) is 5.17. The number of hydrogen-bond donors (Lipinski definition) is 2. The molecule has 0 aromatic heterocycles. The molecule has 1 atom stereocenters. The van der Waals surface area contributed by atoms with Crippen LogP contribution in [-0.4, -0.2) is 36.7 Å². The number of carboxylic acid groups (broad SMARTS) is 1. The highest BCUT2D eigenvalue weighted by Crippen LogP contribution is 2.26. The summed E-state index contributed by atoms with van der Waals surface area (Å²) in [7, 11) is 1.55. The summed E-state index contributed by atoms with van der Waals surface area (Å²) in [5.74, 6) is -0.391. The molecule has 6 nitrogen and oxygen atoms in total. The minimum absolute atomic E-state index is 0.244. The second-order valence-corrected chi connectivity index (χ2v) is 4.00. The maximum absolute atomic E-state index is 11.5. The van der Waals surface area contributed by atoms with Gasteiger partial charge in [-0.3, -0.25) is 9.59 Å². The van der Waals surface area contributed by atoms with Crippen LogP contribution in [0.25, 0.3) is 0 Å². The lowest BCUT2D eigenvalue weighted by molar-refractivity contribution is -0.141. The van der Waals surface area contributed by atoms with Crippen molar-refractivity contribution in [2.24, 2.45) is 0 Å². The van der Waals surface area contributed by atoms with E-state index < -0.39 is 17.9 Å². The van der Waals surface area contributed by atoms with Gasteiger partial charge < -0.3 is 19.9 Å². The minimum Gasteiger partial charge on any atom is -0.496 e. The van der Waals surface area contributed by atoms with E-state index in [4.69, 9.17) is 14.6 Å². The fraction of sp³-hybridized carbons (Fsp3) is 0.385. The summed E-state index contributed by atoms with van der Waals surface area (Å²) in [5, 5.41) is 11.0. The van der Waals surface area contributed by atoms with E-state index in [2.05, 4.69) is 5.32 Å². The van der Waals surface area contributed by atoms with Gasteiger partial charge in [0.15, 0.2) is 6.61 Å². The molecule has 0 aliphatic rings. The Balaban J connectivity index is 2.58. The van der Waals surface area contributed by atoms with Crippen LogP contribution in [0.3, 0.4) is 0 Å². The highest BCUT2D eigenvalue weighted by atomic mass is 16.5. The molecule has 1 amide bonds. The van der Waals surface area contributed by atoms with Crippen LogP contribution in [0.15, 0.2) is 18.2 Å². The number of carboxylic acids is 1. The molecule has 0 spiro atoms. The van der Waals surface area contributed by atoms with Gasteiger partial charge in [0.25, 0.3) is 5.91 Å². The lowest BCUT2D eigenvalue weighted by atomic mass is 10.2. The highest BCUT2D eigenvalue weighted by Gasteiger charge is 2.14. The van der Waals surface area contributed by atoms with Gasteiger partial charge in [-0.25, -0.2) is 0 Å². The van der Waals surface area contributed by atoms with Gasteiger partial charge in [0.2, 0.25) is 0 Å². The Morgan fingerprint density at radius 2 is 2.00 bits per heavy atom. The topological polar surface area (TPSA) is 84.9 Å². The number of hydrogen-bond acceptors (Lipinski definition) is 4. The average Bonchev–Trinajstić information content (AvgIpc) is 2.37. The lowest BCUT2D eigenvalue weighted by Crippen LogP contribution is -2.40. The molecule has 104 valence electrons. The molecule has 0 saturated heterocycles. The van der Waals surface area contributed by atoms with E-state index >= 15 is 0 Å². The molecule has 0 radical (unpaired) electrons. The first-order valence-corrected chi connectivity index (χ1v) is 5.74. The molecular weight excluding hydrogens is 250 g/mol.